The molecule has 0 aliphatic rings. The van der Waals surface area contributed by atoms with E-state index < -0.39 is 0 Å². The first-order valence-electron chi connectivity index (χ1n) is 4.73. The van der Waals surface area contributed by atoms with Crippen LogP contribution in [0.25, 0.3) is 0 Å². The molecule has 1 unspecified atom stereocenters. The summed E-state index contributed by atoms with van der Waals surface area (Å²) in [5, 5.41) is 3.23. The molecule has 1 atom stereocenters. The first-order chi connectivity index (χ1) is 7.26. The van der Waals surface area contributed by atoms with Crippen molar-refractivity contribution in [2.75, 3.05) is 27.4 Å². The number of rotatable bonds is 7. The smallest absolute Gasteiger partial charge is 0.169 e. The molecule has 0 amide bonds. The number of halogens is 1. The van der Waals surface area contributed by atoms with Crippen LogP contribution in [-0.2, 0) is 16.0 Å². The first-order valence-corrected chi connectivity index (χ1v) is 5.52. The first kappa shape index (κ1) is 12.7. The van der Waals surface area contributed by atoms with Crippen LogP contribution in [0.3, 0.4) is 0 Å². The summed E-state index contributed by atoms with van der Waals surface area (Å²) in [5.74, 6) is 0.897. The van der Waals surface area contributed by atoms with Crippen LogP contribution >= 0.6 is 15.9 Å². The van der Waals surface area contributed by atoms with Gasteiger partial charge in [-0.2, -0.15) is 0 Å². The van der Waals surface area contributed by atoms with E-state index in [1.807, 2.05) is 12.1 Å². The van der Waals surface area contributed by atoms with Crippen LogP contribution in [0.15, 0.2) is 21.2 Å². The van der Waals surface area contributed by atoms with E-state index in [0.717, 1.165) is 17.0 Å². The second-order valence-corrected chi connectivity index (χ2v) is 3.93. The maximum atomic E-state index is 5.34. The summed E-state index contributed by atoms with van der Waals surface area (Å²) in [4.78, 5) is 0. The van der Waals surface area contributed by atoms with E-state index in [9.17, 15) is 0 Å². The van der Waals surface area contributed by atoms with E-state index in [1.54, 1.807) is 14.2 Å². The topological polar surface area (TPSA) is 43.6 Å². The zero-order valence-corrected chi connectivity index (χ0v) is 10.5. The Morgan fingerprint density at radius 3 is 2.80 bits per heavy atom. The zero-order valence-electron chi connectivity index (χ0n) is 8.96. The predicted octanol–water partition coefficient (Wildman–Crippen LogP) is 1.79. The highest BCUT2D eigenvalue weighted by Gasteiger charge is 2.06. The highest BCUT2D eigenvalue weighted by molar-refractivity contribution is 9.10. The Kier molecular flexibility index (Phi) is 5.93. The van der Waals surface area contributed by atoms with Crippen LogP contribution in [-0.4, -0.2) is 33.5 Å². The minimum atomic E-state index is 0.0772. The molecular formula is C10H16BrNO3. The number of ether oxygens (including phenoxy) is 2. The molecule has 1 aromatic heterocycles. The van der Waals surface area contributed by atoms with Crippen LogP contribution in [0.1, 0.15) is 5.76 Å². The van der Waals surface area contributed by atoms with Crippen LogP contribution in [0.5, 0.6) is 0 Å². The molecule has 0 aromatic carbocycles. The molecule has 4 nitrogen and oxygen atoms in total. The second-order valence-electron chi connectivity index (χ2n) is 3.15. The third-order valence-electron chi connectivity index (χ3n) is 1.99. The second kappa shape index (κ2) is 7.00. The van der Waals surface area contributed by atoms with Gasteiger partial charge in [0.15, 0.2) is 4.67 Å². The van der Waals surface area contributed by atoms with Crippen molar-refractivity contribution in [2.24, 2.45) is 0 Å². The Labute approximate surface area is 98.1 Å². The molecule has 0 aliphatic heterocycles. The molecule has 86 valence electrons. The fourth-order valence-electron chi connectivity index (χ4n) is 1.20. The van der Waals surface area contributed by atoms with Crippen molar-refractivity contribution in [1.29, 1.82) is 0 Å². The van der Waals surface area contributed by atoms with Gasteiger partial charge in [-0.3, -0.25) is 0 Å². The summed E-state index contributed by atoms with van der Waals surface area (Å²) >= 11 is 3.25. The summed E-state index contributed by atoms with van der Waals surface area (Å²) in [6.45, 7) is 2.02. The van der Waals surface area contributed by atoms with Gasteiger partial charge in [0.05, 0.1) is 19.3 Å². The van der Waals surface area contributed by atoms with Gasteiger partial charge >= 0.3 is 0 Å². The Bertz CT molecular complexity index is 277. The minimum Gasteiger partial charge on any atom is -0.453 e. The number of hydrogen-bond donors (Lipinski definition) is 1. The molecular weight excluding hydrogens is 262 g/mol. The van der Waals surface area contributed by atoms with Gasteiger partial charge in [-0.25, -0.2) is 0 Å². The number of methoxy groups -OCH3 is 2. The third kappa shape index (κ3) is 4.79. The molecule has 0 aliphatic carbocycles. The minimum absolute atomic E-state index is 0.0772. The number of furan rings is 1. The monoisotopic (exact) mass is 277 g/mol. The highest BCUT2D eigenvalue weighted by atomic mass is 79.9. The summed E-state index contributed by atoms with van der Waals surface area (Å²) in [7, 11) is 3.34. The van der Waals surface area contributed by atoms with E-state index in [1.165, 1.54) is 0 Å². The molecule has 0 spiro atoms. The SMILES string of the molecule is COCC(CNCc1ccc(Br)o1)OC. The number of hydrogen-bond acceptors (Lipinski definition) is 4. The average Bonchev–Trinajstić information content (AvgIpc) is 2.63. The van der Waals surface area contributed by atoms with Crippen molar-refractivity contribution < 1.29 is 13.9 Å². The van der Waals surface area contributed by atoms with Crippen molar-refractivity contribution in [2.45, 2.75) is 12.6 Å². The lowest BCUT2D eigenvalue weighted by molar-refractivity contribution is 0.0285. The maximum Gasteiger partial charge on any atom is 0.169 e. The lowest BCUT2D eigenvalue weighted by Crippen LogP contribution is -2.31. The van der Waals surface area contributed by atoms with Crippen molar-refractivity contribution in [3.63, 3.8) is 0 Å². The van der Waals surface area contributed by atoms with Crippen molar-refractivity contribution >= 4 is 15.9 Å². The van der Waals surface area contributed by atoms with Gasteiger partial charge in [-0.15, -0.1) is 0 Å². The molecule has 0 saturated carbocycles. The van der Waals surface area contributed by atoms with Gasteiger partial charge < -0.3 is 19.2 Å². The molecule has 1 heterocycles. The van der Waals surface area contributed by atoms with Gasteiger partial charge in [0.2, 0.25) is 0 Å². The molecule has 1 rings (SSSR count). The Morgan fingerprint density at radius 1 is 1.47 bits per heavy atom. The van der Waals surface area contributed by atoms with Gasteiger partial charge in [-0.1, -0.05) is 0 Å². The Morgan fingerprint density at radius 2 is 2.27 bits per heavy atom. The summed E-state index contributed by atoms with van der Waals surface area (Å²) in [5.41, 5.74) is 0. The predicted molar refractivity (Wildman–Crippen MR) is 60.8 cm³/mol. The lowest BCUT2D eigenvalue weighted by atomic mass is 10.3. The molecule has 0 bridgehead atoms. The summed E-state index contributed by atoms with van der Waals surface area (Å²) in [6, 6.07) is 3.80. The molecule has 0 saturated heterocycles. The van der Waals surface area contributed by atoms with E-state index in [4.69, 9.17) is 13.9 Å². The highest BCUT2D eigenvalue weighted by Crippen LogP contribution is 2.13. The molecule has 15 heavy (non-hydrogen) atoms. The Balaban J connectivity index is 2.20. The van der Waals surface area contributed by atoms with Crippen molar-refractivity contribution in [3.05, 3.63) is 22.6 Å². The van der Waals surface area contributed by atoms with Gasteiger partial charge in [-0.05, 0) is 28.1 Å². The standard InChI is InChI=1S/C10H16BrNO3/c1-13-7-9(14-2)6-12-5-8-3-4-10(11)15-8/h3-4,9,12H,5-7H2,1-2H3. The van der Waals surface area contributed by atoms with E-state index in [2.05, 4.69) is 21.2 Å². The number of nitrogens with one attached hydrogen (secondary N) is 1. The van der Waals surface area contributed by atoms with Gasteiger partial charge in [0, 0.05) is 20.8 Å². The largest absolute Gasteiger partial charge is 0.453 e. The lowest BCUT2D eigenvalue weighted by Gasteiger charge is -2.14. The third-order valence-corrected chi connectivity index (χ3v) is 2.41. The van der Waals surface area contributed by atoms with Crippen LogP contribution in [0, 0.1) is 0 Å². The van der Waals surface area contributed by atoms with Crippen LogP contribution < -0.4 is 5.32 Å². The van der Waals surface area contributed by atoms with Gasteiger partial charge in [0.1, 0.15) is 5.76 Å². The normalized spacial score (nSPS) is 13.0. The summed E-state index contributed by atoms with van der Waals surface area (Å²) < 4.78 is 16.3. The van der Waals surface area contributed by atoms with Crippen molar-refractivity contribution in [1.82, 2.24) is 5.32 Å². The molecule has 5 heteroatoms. The zero-order chi connectivity index (χ0) is 11.1. The van der Waals surface area contributed by atoms with Crippen LogP contribution in [0.2, 0.25) is 0 Å². The molecule has 0 fully saturated rings. The molecule has 1 aromatic rings. The molecule has 1 N–H and O–H groups in total. The summed E-state index contributed by atoms with van der Waals surface area (Å²) in [6.07, 6.45) is 0.0772. The van der Waals surface area contributed by atoms with Crippen molar-refractivity contribution in [3.8, 4) is 0 Å². The molecule has 0 radical (unpaired) electrons. The maximum absolute atomic E-state index is 5.34. The quantitative estimate of drug-likeness (QED) is 0.826. The van der Waals surface area contributed by atoms with Crippen LogP contribution in [0.4, 0.5) is 0 Å². The van der Waals surface area contributed by atoms with E-state index in [0.29, 0.717) is 13.2 Å². The fraction of sp³-hybridized carbons (Fsp3) is 0.600. The van der Waals surface area contributed by atoms with Gasteiger partial charge in [0.25, 0.3) is 0 Å². The Hall–Kier alpha value is -0.360. The van der Waals surface area contributed by atoms with E-state index in [-0.39, 0.29) is 6.10 Å². The fourth-order valence-corrected chi connectivity index (χ4v) is 1.54. The van der Waals surface area contributed by atoms with E-state index >= 15 is 0 Å². The average molecular weight is 278 g/mol.